The van der Waals surface area contributed by atoms with Gasteiger partial charge in [0.25, 0.3) is 5.35 Å². The van der Waals surface area contributed by atoms with E-state index in [1.54, 1.807) is 13.2 Å². The second-order valence-corrected chi connectivity index (χ2v) is 5.14. The first-order chi connectivity index (χ1) is 10.2. The number of ether oxygens (including phenoxy) is 1. The number of halogens is 2. The number of benzene rings is 2. The van der Waals surface area contributed by atoms with Crippen LogP contribution in [0.3, 0.4) is 0 Å². The topological polar surface area (TPSA) is 35.3 Å². The van der Waals surface area contributed by atoms with Gasteiger partial charge in [-0.3, -0.25) is 0 Å². The second kappa shape index (κ2) is 5.80. The van der Waals surface area contributed by atoms with Crippen LogP contribution in [0.5, 0.6) is 5.75 Å². The lowest BCUT2D eigenvalue weighted by Crippen LogP contribution is -1.85. The number of aromatic nitrogens is 1. The molecular formula is C16H11Cl2NO2. The van der Waals surface area contributed by atoms with E-state index in [1.165, 1.54) is 0 Å². The van der Waals surface area contributed by atoms with Crippen molar-refractivity contribution in [3.05, 3.63) is 58.9 Å². The van der Waals surface area contributed by atoms with E-state index in [1.807, 2.05) is 42.5 Å². The summed E-state index contributed by atoms with van der Waals surface area (Å²) in [6.07, 6.45) is 0. The van der Waals surface area contributed by atoms with Crippen LogP contribution in [0.4, 0.5) is 0 Å². The van der Waals surface area contributed by atoms with Crippen LogP contribution in [-0.4, -0.2) is 12.1 Å². The van der Waals surface area contributed by atoms with Crippen molar-refractivity contribution in [1.29, 1.82) is 0 Å². The van der Waals surface area contributed by atoms with E-state index < -0.39 is 0 Å². The van der Waals surface area contributed by atoms with Crippen LogP contribution in [0.2, 0.25) is 10.4 Å². The van der Waals surface area contributed by atoms with Crippen molar-refractivity contribution >= 4 is 23.2 Å². The number of hydrogen-bond acceptors (Lipinski definition) is 3. The van der Waals surface area contributed by atoms with Gasteiger partial charge in [-0.15, -0.1) is 0 Å². The molecule has 0 aliphatic rings. The Balaban J connectivity index is 2.10. The molecule has 1 aromatic heterocycles. The Kier molecular flexibility index (Phi) is 3.86. The molecule has 0 unspecified atom stereocenters. The van der Waals surface area contributed by atoms with Crippen molar-refractivity contribution in [3.63, 3.8) is 0 Å². The Morgan fingerprint density at radius 3 is 2.43 bits per heavy atom. The van der Waals surface area contributed by atoms with E-state index in [-0.39, 0.29) is 5.35 Å². The fraction of sp³-hybridized carbons (Fsp3) is 0.0625. The fourth-order valence-electron chi connectivity index (χ4n) is 2.06. The number of hydrogen-bond donors (Lipinski definition) is 0. The normalized spacial score (nSPS) is 10.6. The lowest BCUT2D eigenvalue weighted by Gasteiger charge is -2.03. The van der Waals surface area contributed by atoms with Crippen LogP contribution in [0.1, 0.15) is 0 Å². The summed E-state index contributed by atoms with van der Waals surface area (Å²) in [7, 11) is 1.62. The Morgan fingerprint density at radius 2 is 1.76 bits per heavy atom. The van der Waals surface area contributed by atoms with E-state index >= 15 is 0 Å². The first kappa shape index (κ1) is 14.0. The van der Waals surface area contributed by atoms with Gasteiger partial charge < -0.3 is 9.15 Å². The molecule has 0 aliphatic carbocycles. The summed E-state index contributed by atoms with van der Waals surface area (Å²) < 4.78 is 10.7. The van der Waals surface area contributed by atoms with Gasteiger partial charge in [-0.25, -0.2) is 0 Å². The number of oxazole rings is 1. The van der Waals surface area contributed by atoms with Crippen molar-refractivity contribution in [2.24, 2.45) is 0 Å². The molecule has 2 aromatic carbocycles. The van der Waals surface area contributed by atoms with Crippen LogP contribution in [0.25, 0.3) is 22.6 Å². The van der Waals surface area contributed by atoms with Gasteiger partial charge in [-0.2, -0.15) is 4.98 Å². The highest BCUT2D eigenvalue weighted by Gasteiger charge is 2.16. The van der Waals surface area contributed by atoms with Gasteiger partial charge in [0.2, 0.25) is 0 Å². The summed E-state index contributed by atoms with van der Waals surface area (Å²) in [4.78, 5) is 4.26. The van der Waals surface area contributed by atoms with Crippen molar-refractivity contribution < 1.29 is 9.15 Å². The molecule has 0 bridgehead atoms. The highest BCUT2D eigenvalue weighted by Crippen LogP contribution is 2.35. The van der Waals surface area contributed by atoms with Crippen molar-refractivity contribution in [2.45, 2.75) is 0 Å². The van der Waals surface area contributed by atoms with Gasteiger partial charge in [0.05, 0.1) is 7.11 Å². The third-order valence-corrected chi connectivity index (χ3v) is 3.45. The van der Waals surface area contributed by atoms with Crippen LogP contribution >= 0.6 is 23.2 Å². The molecule has 5 heteroatoms. The number of rotatable bonds is 3. The van der Waals surface area contributed by atoms with E-state index in [0.29, 0.717) is 16.5 Å². The average molecular weight is 320 g/mol. The average Bonchev–Trinajstić information content (AvgIpc) is 2.89. The summed E-state index contributed by atoms with van der Waals surface area (Å²) in [6, 6.07) is 14.9. The molecule has 106 valence electrons. The second-order valence-electron chi connectivity index (χ2n) is 4.38. The van der Waals surface area contributed by atoms with Gasteiger partial charge in [0.15, 0.2) is 5.76 Å². The predicted molar refractivity (Wildman–Crippen MR) is 83.9 cm³/mol. The van der Waals surface area contributed by atoms with Crippen molar-refractivity contribution in [1.82, 2.24) is 4.98 Å². The minimum absolute atomic E-state index is 0.0933. The summed E-state index contributed by atoms with van der Waals surface area (Å²) in [6.45, 7) is 0. The summed E-state index contributed by atoms with van der Waals surface area (Å²) in [5.74, 6) is 1.37. The smallest absolute Gasteiger partial charge is 0.293 e. The molecule has 3 rings (SSSR count). The van der Waals surface area contributed by atoms with E-state index in [2.05, 4.69) is 4.98 Å². The Labute approximate surface area is 132 Å². The molecule has 0 amide bonds. The zero-order valence-corrected chi connectivity index (χ0v) is 12.7. The lowest BCUT2D eigenvalue weighted by atomic mass is 10.1. The Hall–Kier alpha value is -1.97. The lowest BCUT2D eigenvalue weighted by molar-refractivity contribution is 0.415. The zero-order valence-electron chi connectivity index (χ0n) is 11.1. The maximum atomic E-state index is 6.03. The highest BCUT2D eigenvalue weighted by molar-refractivity contribution is 6.31. The molecule has 3 aromatic rings. The highest BCUT2D eigenvalue weighted by atomic mass is 35.5. The standard InChI is InChI=1S/C16H11Cl2NO2/c1-20-13-7-5-10(6-8-13)14-15(21-16(18)19-14)11-3-2-4-12(17)9-11/h2-9H,1H3. The molecule has 0 saturated heterocycles. The van der Waals surface area contributed by atoms with Gasteiger partial charge >= 0.3 is 0 Å². The molecule has 1 heterocycles. The minimum atomic E-state index is 0.0933. The summed E-state index contributed by atoms with van der Waals surface area (Å²) in [5.41, 5.74) is 2.39. The molecule has 0 atom stereocenters. The number of methoxy groups -OCH3 is 1. The first-order valence-corrected chi connectivity index (χ1v) is 6.99. The fourth-order valence-corrected chi connectivity index (χ4v) is 2.42. The molecule has 0 saturated carbocycles. The van der Waals surface area contributed by atoms with Gasteiger partial charge in [-0.1, -0.05) is 23.7 Å². The van der Waals surface area contributed by atoms with Crippen molar-refractivity contribution in [3.8, 4) is 28.3 Å². The quantitative estimate of drug-likeness (QED) is 0.655. The van der Waals surface area contributed by atoms with Crippen LogP contribution in [0.15, 0.2) is 52.9 Å². The maximum Gasteiger partial charge on any atom is 0.293 e. The molecule has 21 heavy (non-hydrogen) atoms. The Morgan fingerprint density at radius 1 is 1.00 bits per heavy atom. The van der Waals surface area contributed by atoms with Gasteiger partial charge in [0.1, 0.15) is 11.4 Å². The van der Waals surface area contributed by atoms with Gasteiger partial charge in [-0.05, 0) is 48.0 Å². The molecule has 0 N–H and O–H groups in total. The number of nitrogens with zero attached hydrogens (tertiary/aromatic N) is 1. The molecule has 0 aliphatic heterocycles. The molecule has 0 fully saturated rings. The summed E-state index contributed by atoms with van der Waals surface area (Å²) in [5, 5.41) is 0.719. The van der Waals surface area contributed by atoms with E-state index in [0.717, 1.165) is 16.9 Å². The van der Waals surface area contributed by atoms with Crippen LogP contribution in [-0.2, 0) is 0 Å². The Bertz CT molecular complexity index is 766. The first-order valence-electron chi connectivity index (χ1n) is 6.24. The van der Waals surface area contributed by atoms with Crippen LogP contribution in [0, 0.1) is 0 Å². The minimum Gasteiger partial charge on any atom is -0.497 e. The van der Waals surface area contributed by atoms with E-state index in [4.69, 9.17) is 32.4 Å². The maximum absolute atomic E-state index is 6.03. The molecule has 0 spiro atoms. The molecule has 0 radical (unpaired) electrons. The molecule has 3 nitrogen and oxygen atoms in total. The monoisotopic (exact) mass is 319 g/mol. The third kappa shape index (κ3) is 2.89. The summed E-state index contributed by atoms with van der Waals surface area (Å²) >= 11 is 12.0. The van der Waals surface area contributed by atoms with E-state index in [9.17, 15) is 0 Å². The largest absolute Gasteiger partial charge is 0.497 e. The zero-order chi connectivity index (χ0) is 14.8. The SMILES string of the molecule is COc1ccc(-c2nc(Cl)oc2-c2cccc(Cl)c2)cc1. The molecular weight excluding hydrogens is 309 g/mol. The van der Waals surface area contributed by atoms with Crippen LogP contribution < -0.4 is 4.74 Å². The predicted octanol–water partition coefficient (Wildman–Crippen LogP) is 5.32. The van der Waals surface area contributed by atoms with Crippen molar-refractivity contribution in [2.75, 3.05) is 7.11 Å². The van der Waals surface area contributed by atoms with Gasteiger partial charge in [0, 0.05) is 16.1 Å². The third-order valence-electron chi connectivity index (χ3n) is 3.05.